The maximum atomic E-state index is 12.4. The molecule has 1 heterocycles. The van der Waals surface area contributed by atoms with Crippen molar-refractivity contribution in [3.05, 3.63) is 48.4 Å². The molecule has 1 aromatic heterocycles. The third kappa shape index (κ3) is 3.41. The van der Waals surface area contributed by atoms with E-state index in [1.165, 1.54) is 0 Å². The Balaban J connectivity index is 2.08. The van der Waals surface area contributed by atoms with Crippen molar-refractivity contribution in [2.75, 3.05) is 17.2 Å². The van der Waals surface area contributed by atoms with Crippen LogP contribution in [0.4, 0.5) is 11.4 Å². The molecule has 0 aliphatic heterocycles. The first-order valence-corrected chi connectivity index (χ1v) is 6.89. The van der Waals surface area contributed by atoms with Gasteiger partial charge in [0.1, 0.15) is 5.76 Å². The molecule has 2 rings (SSSR count). The molecule has 4 heteroatoms. The molecule has 106 valence electrons. The Labute approximate surface area is 119 Å². The number of hydrogen-bond donors (Lipinski definition) is 1. The molecule has 0 fully saturated rings. The van der Waals surface area contributed by atoms with Crippen LogP contribution in [0.2, 0.25) is 0 Å². The highest BCUT2D eigenvalue weighted by Crippen LogP contribution is 2.23. The van der Waals surface area contributed by atoms with Crippen molar-refractivity contribution < 1.29 is 9.21 Å². The molecule has 2 aromatic rings. The number of nitrogens with two attached hydrogens (primary N) is 1. The van der Waals surface area contributed by atoms with Crippen LogP contribution in [-0.2, 0) is 11.2 Å². The Morgan fingerprint density at radius 2 is 2.05 bits per heavy atom. The quantitative estimate of drug-likeness (QED) is 0.821. The minimum absolute atomic E-state index is 0.0705. The predicted octanol–water partition coefficient (Wildman–Crippen LogP) is 3.24. The van der Waals surface area contributed by atoms with Crippen LogP contribution in [0.25, 0.3) is 0 Å². The van der Waals surface area contributed by atoms with Crippen LogP contribution >= 0.6 is 0 Å². The lowest BCUT2D eigenvalue weighted by Gasteiger charge is -2.23. The highest BCUT2D eigenvalue weighted by atomic mass is 16.3. The van der Waals surface area contributed by atoms with Crippen LogP contribution in [0.5, 0.6) is 0 Å². The van der Waals surface area contributed by atoms with Gasteiger partial charge in [-0.3, -0.25) is 4.79 Å². The summed E-state index contributed by atoms with van der Waals surface area (Å²) in [6, 6.07) is 11.2. The van der Waals surface area contributed by atoms with Gasteiger partial charge in [-0.15, -0.1) is 0 Å². The monoisotopic (exact) mass is 272 g/mol. The Bertz CT molecular complexity index is 549. The summed E-state index contributed by atoms with van der Waals surface area (Å²) in [7, 11) is 0. The van der Waals surface area contributed by atoms with E-state index in [4.69, 9.17) is 10.2 Å². The molecular weight excluding hydrogens is 252 g/mol. The summed E-state index contributed by atoms with van der Waals surface area (Å²) in [6.07, 6.45) is 3.54. The van der Waals surface area contributed by atoms with Gasteiger partial charge in [0.25, 0.3) is 0 Å². The standard InChI is InChI=1S/C16H20N2O2/c1-2-11-18(15-8-4-3-7-14(15)17)16(19)10-9-13-6-5-12-20-13/h3-8,12H,2,9-11,17H2,1H3. The lowest BCUT2D eigenvalue weighted by Crippen LogP contribution is -2.32. The van der Waals surface area contributed by atoms with Gasteiger partial charge in [0.05, 0.1) is 17.6 Å². The zero-order valence-electron chi connectivity index (χ0n) is 11.7. The average molecular weight is 272 g/mol. The van der Waals surface area contributed by atoms with E-state index < -0.39 is 0 Å². The molecule has 1 aromatic carbocycles. The lowest BCUT2D eigenvalue weighted by atomic mass is 10.2. The zero-order chi connectivity index (χ0) is 14.4. The molecule has 4 nitrogen and oxygen atoms in total. The first kappa shape index (κ1) is 14.2. The number of para-hydroxylation sites is 2. The van der Waals surface area contributed by atoms with Crippen molar-refractivity contribution in [3.63, 3.8) is 0 Å². The van der Waals surface area contributed by atoms with E-state index in [1.807, 2.05) is 43.3 Å². The fraction of sp³-hybridized carbons (Fsp3) is 0.312. The molecular formula is C16H20N2O2. The molecule has 0 aliphatic rings. The number of benzene rings is 1. The first-order valence-electron chi connectivity index (χ1n) is 6.89. The summed E-state index contributed by atoms with van der Waals surface area (Å²) in [6.45, 7) is 2.72. The number of nitrogens with zero attached hydrogens (tertiary/aromatic N) is 1. The first-order chi connectivity index (χ1) is 9.72. The number of rotatable bonds is 6. The van der Waals surface area contributed by atoms with Gasteiger partial charge >= 0.3 is 0 Å². The molecule has 1 amide bonds. The smallest absolute Gasteiger partial charge is 0.227 e. The predicted molar refractivity (Wildman–Crippen MR) is 80.5 cm³/mol. The van der Waals surface area contributed by atoms with Crippen molar-refractivity contribution >= 4 is 17.3 Å². The summed E-state index contributed by atoms with van der Waals surface area (Å²) in [5.74, 6) is 0.900. The van der Waals surface area contributed by atoms with Crippen LogP contribution < -0.4 is 10.6 Å². The second-order valence-corrected chi connectivity index (χ2v) is 4.68. The number of nitrogen functional groups attached to an aromatic ring is 1. The molecule has 0 aliphatic carbocycles. The van der Waals surface area contributed by atoms with Crippen LogP contribution in [-0.4, -0.2) is 12.5 Å². The van der Waals surface area contributed by atoms with Crippen molar-refractivity contribution in [2.45, 2.75) is 26.2 Å². The highest BCUT2D eigenvalue weighted by Gasteiger charge is 2.17. The van der Waals surface area contributed by atoms with Gasteiger partial charge in [0.15, 0.2) is 0 Å². The molecule has 0 atom stereocenters. The van der Waals surface area contributed by atoms with Gasteiger partial charge in [-0.05, 0) is 30.7 Å². The lowest BCUT2D eigenvalue weighted by molar-refractivity contribution is -0.118. The number of aryl methyl sites for hydroxylation is 1. The zero-order valence-corrected chi connectivity index (χ0v) is 11.7. The Morgan fingerprint density at radius 3 is 2.70 bits per heavy atom. The maximum absolute atomic E-state index is 12.4. The van der Waals surface area contributed by atoms with E-state index in [9.17, 15) is 4.79 Å². The van der Waals surface area contributed by atoms with Crippen molar-refractivity contribution in [1.29, 1.82) is 0 Å². The third-order valence-corrected chi connectivity index (χ3v) is 3.14. The maximum Gasteiger partial charge on any atom is 0.227 e. The second-order valence-electron chi connectivity index (χ2n) is 4.68. The minimum atomic E-state index is 0.0705. The van der Waals surface area contributed by atoms with Gasteiger partial charge in [0.2, 0.25) is 5.91 Å². The third-order valence-electron chi connectivity index (χ3n) is 3.14. The average Bonchev–Trinajstić information content (AvgIpc) is 2.96. The summed E-state index contributed by atoms with van der Waals surface area (Å²) in [4.78, 5) is 14.2. The molecule has 0 radical (unpaired) electrons. The van der Waals surface area contributed by atoms with Crippen LogP contribution in [0.15, 0.2) is 47.1 Å². The number of hydrogen-bond acceptors (Lipinski definition) is 3. The van der Waals surface area contributed by atoms with Crippen LogP contribution in [0.1, 0.15) is 25.5 Å². The van der Waals surface area contributed by atoms with E-state index >= 15 is 0 Å². The summed E-state index contributed by atoms with van der Waals surface area (Å²) in [5, 5.41) is 0. The highest BCUT2D eigenvalue weighted by molar-refractivity contribution is 5.96. The number of carbonyl (C=O) groups excluding carboxylic acids is 1. The van der Waals surface area contributed by atoms with Gasteiger partial charge < -0.3 is 15.1 Å². The SMILES string of the molecule is CCCN(C(=O)CCc1ccco1)c1ccccc1N. The van der Waals surface area contributed by atoms with Gasteiger partial charge in [0, 0.05) is 19.4 Å². The Kier molecular flexibility index (Phi) is 4.82. The van der Waals surface area contributed by atoms with E-state index in [0.717, 1.165) is 17.9 Å². The fourth-order valence-electron chi connectivity index (χ4n) is 2.16. The van der Waals surface area contributed by atoms with E-state index in [1.54, 1.807) is 11.2 Å². The van der Waals surface area contributed by atoms with E-state index in [0.29, 0.717) is 25.1 Å². The molecule has 0 saturated heterocycles. The summed E-state index contributed by atoms with van der Waals surface area (Å²) in [5.41, 5.74) is 7.39. The van der Waals surface area contributed by atoms with Gasteiger partial charge in [-0.25, -0.2) is 0 Å². The van der Waals surface area contributed by atoms with Crippen LogP contribution in [0.3, 0.4) is 0 Å². The Hall–Kier alpha value is -2.23. The van der Waals surface area contributed by atoms with Gasteiger partial charge in [-0.2, -0.15) is 0 Å². The van der Waals surface area contributed by atoms with Crippen molar-refractivity contribution in [3.8, 4) is 0 Å². The number of anilines is 2. The topological polar surface area (TPSA) is 59.5 Å². The van der Waals surface area contributed by atoms with E-state index in [2.05, 4.69) is 0 Å². The molecule has 0 saturated carbocycles. The van der Waals surface area contributed by atoms with E-state index in [-0.39, 0.29) is 5.91 Å². The number of carbonyl (C=O) groups is 1. The summed E-state index contributed by atoms with van der Waals surface area (Å²) >= 11 is 0. The largest absolute Gasteiger partial charge is 0.469 e. The van der Waals surface area contributed by atoms with Crippen LogP contribution in [0, 0.1) is 0 Å². The van der Waals surface area contributed by atoms with Crippen molar-refractivity contribution in [2.24, 2.45) is 0 Å². The summed E-state index contributed by atoms with van der Waals surface area (Å²) < 4.78 is 5.26. The van der Waals surface area contributed by atoms with Gasteiger partial charge in [-0.1, -0.05) is 19.1 Å². The fourth-order valence-corrected chi connectivity index (χ4v) is 2.16. The number of furan rings is 1. The normalized spacial score (nSPS) is 10.4. The second kappa shape index (κ2) is 6.80. The molecule has 2 N–H and O–H groups in total. The minimum Gasteiger partial charge on any atom is -0.469 e. The molecule has 0 unspecified atom stereocenters. The molecule has 0 spiro atoms. The van der Waals surface area contributed by atoms with Crippen molar-refractivity contribution in [1.82, 2.24) is 0 Å². The number of amides is 1. The molecule has 20 heavy (non-hydrogen) atoms. The molecule has 0 bridgehead atoms. The Morgan fingerprint density at radius 1 is 1.25 bits per heavy atom.